The van der Waals surface area contributed by atoms with Crippen molar-refractivity contribution in [3.8, 4) is 0 Å². The molecule has 2 heterocycles. The largest absolute Gasteiger partial charge is 0.315 e. The first-order valence-electron chi connectivity index (χ1n) is 4.90. The lowest BCUT2D eigenvalue weighted by Gasteiger charge is -2.20. The third-order valence-corrected chi connectivity index (χ3v) is 4.42. The number of aromatic nitrogens is 1. The van der Waals surface area contributed by atoms with Crippen LogP contribution in [0.15, 0.2) is 23.4 Å². The van der Waals surface area contributed by atoms with Gasteiger partial charge in [-0.15, -0.1) is 0 Å². The van der Waals surface area contributed by atoms with E-state index in [-0.39, 0.29) is 4.90 Å². The minimum Gasteiger partial charge on any atom is -0.315 e. The summed E-state index contributed by atoms with van der Waals surface area (Å²) in [6.45, 7) is 0.375. The van der Waals surface area contributed by atoms with Crippen LogP contribution in [0.1, 0.15) is 12.8 Å². The summed E-state index contributed by atoms with van der Waals surface area (Å²) in [5, 5.41) is 0. The average Bonchev–Trinajstić information content (AvgIpc) is 2.65. The maximum absolute atomic E-state index is 12.9. The van der Waals surface area contributed by atoms with Gasteiger partial charge in [0.05, 0.1) is 12.4 Å². The molecule has 1 atom stereocenters. The molecule has 0 aliphatic carbocycles. The standard InChI is InChI=1S/C9H12FN3O2S/c10-7-4-8(6-12-5-7)16(14,15)13-3-1-2-9(13)11/h4-6,9H,1-3,11H2/t9-/m0/s1. The van der Waals surface area contributed by atoms with Gasteiger partial charge in [0.25, 0.3) is 0 Å². The van der Waals surface area contributed by atoms with Gasteiger partial charge >= 0.3 is 0 Å². The van der Waals surface area contributed by atoms with Crippen LogP contribution < -0.4 is 5.73 Å². The molecule has 1 fully saturated rings. The van der Waals surface area contributed by atoms with Crippen molar-refractivity contribution < 1.29 is 12.8 Å². The Morgan fingerprint density at radius 1 is 1.50 bits per heavy atom. The quantitative estimate of drug-likeness (QED) is 0.812. The Kier molecular flexibility index (Phi) is 2.92. The van der Waals surface area contributed by atoms with Crippen LogP contribution in [-0.2, 0) is 10.0 Å². The molecule has 1 saturated heterocycles. The maximum Gasteiger partial charge on any atom is 0.246 e. The molecule has 1 aromatic rings. The Morgan fingerprint density at radius 2 is 2.25 bits per heavy atom. The predicted octanol–water partition coefficient (Wildman–Crippen LogP) is 0.290. The maximum atomic E-state index is 12.9. The SMILES string of the molecule is N[C@@H]1CCCN1S(=O)(=O)c1cncc(F)c1. The Balaban J connectivity index is 2.39. The monoisotopic (exact) mass is 245 g/mol. The van der Waals surface area contributed by atoms with Crippen molar-refractivity contribution in [3.05, 3.63) is 24.3 Å². The minimum absolute atomic E-state index is 0.148. The number of hydrogen-bond acceptors (Lipinski definition) is 4. The van der Waals surface area contributed by atoms with E-state index in [9.17, 15) is 12.8 Å². The van der Waals surface area contributed by atoms with Gasteiger partial charge in [-0.2, -0.15) is 4.31 Å². The summed E-state index contributed by atoms with van der Waals surface area (Å²) < 4.78 is 38.2. The number of rotatable bonds is 2. The molecule has 2 rings (SSSR count). The number of sulfonamides is 1. The highest BCUT2D eigenvalue weighted by atomic mass is 32.2. The molecule has 0 aromatic carbocycles. The molecule has 0 saturated carbocycles. The van der Waals surface area contributed by atoms with Crippen molar-refractivity contribution in [3.63, 3.8) is 0 Å². The molecule has 1 aliphatic heterocycles. The Hall–Kier alpha value is -1.05. The highest BCUT2D eigenvalue weighted by Gasteiger charge is 2.33. The molecule has 0 amide bonds. The molecule has 1 aliphatic rings. The van der Waals surface area contributed by atoms with Crippen LogP contribution in [0.4, 0.5) is 4.39 Å². The fraction of sp³-hybridized carbons (Fsp3) is 0.444. The smallest absolute Gasteiger partial charge is 0.246 e. The van der Waals surface area contributed by atoms with Crippen LogP contribution in [-0.4, -0.2) is 30.4 Å². The zero-order valence-corrected chi connectivity index (χ0v) is 9.32. The molecular weight excluding hydrogens is 233 g/mol. The lowest BCUT2D eigenvalue weighted by Crippen LogP contribution is -2.40. The third-order valence-electron chi connectivity index (χ3n) is 2.53. The normalized spacial score (nSPS) is 22.5. The van der Waals surface area contributed by atoms with Crippen molar-refractivity contribution in [1.29, 1.82) is 0 Å². The van der Waals surface area contributed by atoms with Crippen molar-refractivity contribution in [2.24, 2.45) is 5.73 Å². The molecule has 0 spiro atoms. The number of halogens is 1. The number of hydrogen-bond donors (Lipinski definition) is 1. The lowest BCUT2D eigenvalue weighted by atomic mass is 10.3. The van der Waals surface area contributed by atoms with E-state index in [2.05, 4.69) is 4.98 Å². The number of nitrogens with two attached hydrogens (primary N) is 1. The summed E-state index contributed by atoms with van der Waals surface area (Å²) in [6.07, 6.45) is 2.92. The molecule has 2 N–H and O–H groups in total. The Bertz CT molecular complexity index is 491. The van der Waals surface area contributed by atoms with Gasteiger partial charge in [-0.1, -0.05) is 0 Å². The highest BCUT2D eigenvalue weighted by molar-refractivity contribution is 7.89. The van der Waals surface area contributed by atoms with Gasteiger partial charge in [0, 0.05) is 12.7 Å². The first-order chi connectivity index (χ1) is 7.51. The topological polar surface area (TPSA) is 76.3 Å². The van der Waals surface area contributed by atoms with Crippen LogP contribution in [0.3, 0.4) is 0 Å². The number of pyridine rings is 1. The van der Waals surface area contributed by atoms with Crippen LogP contribution in [0.2, 0.25) is 0 Å². The van der Waals surface area contributed by atoms with Gasteiger partial charge in [0.15, 0.2) is 0 Å². The second-order valence-corrected chi connectivity index (χ2v) is 5.55. The van der Waals surface area contributed by atoms with E-state index in [1.165, 1.54) is 4.31 Å². The average molecular weight is 245 g/mol. The summed E-state index contributed by atoms with van der Waals surface area (Å²) >= 11 is 0. The van der Waals surface area contributed by atoms with Gasteiger partial charge in [-0.25, -0.2) is 12.8 Å². The van der Waals surface area contributed by atoms with Crippen LogP contribution in [0.5, 0.6) is 0 Å². The van der Waals surface area contributed by atoms with Gasteiger partial charge in [0.1, 0.15) is 10.7 Å². The lowest BCUT2D eigenvalue weighted by molar-refractivity contribution is 0.395. The van der Waals surface area contributed by atoms with Gasteiger partial charge in [-0.05, 0) is 18.9 Å². The van der Waals surface area contributed by atoms with Gasteiger partial charge < -0.3 is 5.73 Å². The molecule has 88 valence electrons. The van der Waals surface area contributed by atoms with E-state index in [0.29, 0.717) is 13.0 Å². The summed E-state index contributed by atoms with van der Waals surface area (Å²) in [6, 6.07) is 0.952. The van der Waals surface area contributed by atoms with Crippen molar-refractivity contribution in [2.75, 3.05) is 6.54 Å². The van der Waals surface area contributed by atoms with E-state index in [4.69, 9.17) is 5.73 Å². The van der Waals surface area contributed by atoms with Gasteiger partial charge in [-0.3, -0.25) is 4.98 Å². The molecule has 1 aromatic heterocycles. The first kappa shape index (κ1) is 11.4. The summed E-state index contributed by atoms with van der Waals surface area (Å²) in [7, 11) is -3.70. The van der Waals surface area contributed by atoms with Crippen molar-refractivity contribution in [1.82, 2.24) is 9.29 Å². The van der Waals surface area contributed by atoms with E-state index < -0.39 is 22.0 Å². The zero-order chi connectivity index (χ0) is 11.8. The van der Waals surface area contributed by atoms with E-state index >= 15 is 0 Å². The van der Waals surface area contributed by atoms with E-state index in [1.54, 1.807) is 0 Å². The molecular formula is C9H12FN3O2S. The predicted molar refractivity (Wildman–Crippen MR) is 55.3 cm³/mol. The fourth-order valence-electron chi connectivity index (χ4n) is 1.73. The first-order valence-corrected chi connectivity index (χ1v) is 6.34. The van der Waals surface area contributed by atoms with Crippen molar-refractivity contribution in [2.45, 2.75) is 23.9 Å². The van der Waals surface area contributed by atoms with Gasteiger partial charge in [0.2, 0.25) is 10.0 Å². The van der Waals surface area contributed by atoms with Crippen molar-refractivity contribution >= 4 is 10.0 Å². The zero-order valence-electron chi connectivity index (χ0n) is 8.51. The second kappa shape index (κ2) is 4.08. The molecule has 5 nitrogen and oxygen atoms in total. The summed E-state index contributed by atoms with van der Waals surface area (Å²) in [5.41, 5.74) is 5.67. The molecule has 0 bridgehead atoms. The summed E-state index contributed by atoms with van der Waals surface area (Å²) in [4.78, 5) is 3.38. The van der Waals surface area contributed by atoms with Crippen LogP contribution >= 0.6 is 0 Å². The molecule has 0 radical (unpaired) electrons. The Morgan fingerprint density at radius 3 is 2.81 bits per heavy atom. The molecule has 7 heteroatoms. The van der Waals surface area contributed by atoms with Crippen LogP contribution in [0.25, 0.3) is 0 Å². The molecule has 0 unspecified atom stereocenters. The minimum atomic E-state index is -3.70. The summed E-state index contributed by atoms with van der Waals surface area (Å²) in [5.74, 6) is -0.672. The molecule has 16 heavy (non-hydrogen) atoms. The highest BCUT2D eigenvalue weighted by Crippen LogP contribution is 2.23. The second-order valence-electron chi connectivity index (χ2n) is 3.66. The van der Waals surface area contributed by atoms with Crippen LogP contribution in [0, 0.1) is 5.82 Å². The fourth-order valence-corrected chi connectivity index (χ4v) is 3.29. The van der Waals surface area contributed by atoms with E-state index in [1.807, 2.05) is 0 Å². The Labute approximate surface area is 93.1 Å². The number of nitrogens with zero attached hydrogens (tertiary/aromatic N) is 2. The van der Waals surface area contributed by atoms with E-state index in [0.717, 1.165) is 24.9 Å². The third kappa shape index (κ3) is 1.93.